The molecule has 18 heavy (non-hydrogen) atoms. The Morgan fingerprint density at radius 2 is 2.11 bits per heavy atom. The summed E-state index contributed by atoms with van der Waals surface area (Å²) in [7, 11) is 0. The zero-order valence-electron chi connectivity index (χ0n) is 10.7. The number of carbonyl (C=O) groups excluding carboxylic acids is 1. The summed E-state index contributed by atoms with van der Waals surface area (Å²) in [5, 5.41) is 0. The maximum absolute atomic E-state index is 11.9. The molecule has 1 aliphatic heterocycles. The second kappa shape index (κ2) is 4.43. The number of hydrogen-bond donors (Lipinski definition) is 0. The minimum absolute atomic E-state index is 0.187. The number of ketones is 1. The molecule has 0 spiro atoms. The van der Waals surface area contributed by atoms with Crippen molar-refractivity contribution in [2.75, 3.05) is 6.61 Å². The fourth-order valence-electron chi connectivity index (χ4n) is 2.76. The number of ether oxygens (including phenoxy) is 1. The van der Waals surface area contributed by atoms with Gasteiger partial charge in [-0.1, -0.05) is 0 Å². The Kier molecular flexibility index (Phi) is 2.90. The Labute approximate surface area is 107 Å². The second-order valence-corrected chi connectivity index (χ2v) is 5.37. The van der Waals surface area contributed by atoms with Gasteiger partial charge in [0, 0.05) is 19.2 Å². The van der Waals surface area contributed by atoms with Crippen LogP contribution >= 0.6 is 0 Å². The zero-order valence-corrected chi connectivity index (χ0v) is 10.7. The van der Waals surface area contributed by atoms with Crippen molar-refractivity contribution < 1.29 is 9.53 Å². The molecule has 0 amide bonds. The molecule has 2 aliphatic rings. The summed E-state index contributed by atoms with van der Waals surface area (Å²) in [6.07, 6.45) is 7.22. The van der Waals surface area contributed by atoms with Crippen LogP contribution in [-0.4, -0.2) is 22.4 Å². The van der Waals surface area contributed by atoms with Crippen LogP contribution < -0.4 is 0 Å². The molecule has 1 aromatic heterocycles. The molecular weight excluding hydrogens is 228 g/mol. The van der Waals surface area contributed by atoms with E-state index in [1.165, 1.54) is 0 Å². The lowest BCUT2D eigenvalue weighted by atomic mass is 10.0. The highest BCUT2D eigenvalue weighted by molar-refractivity contribution is 5.97. The summed E-state index contributed by atoms with van der Waals surface area (Å²) in [5.74, 6) is 0.931. The molecule has 4 nitrogen and oxygen atoms in total. The SMILES string of the molecule is CC1(c2ncc3c(n2)CCCCC3=O)CCCO1. The molecule has 1 unspecified atom stereocenters. The number of fused-ring (bicyclic) bond motifs is 1. The maximum Gasteiger partial charge on any atom is 0.166 e. The third-order valence-corrected chi connectivity index (χ3v) is 3.93. The Morgan fingerprint density at radius 3 is 2.89 bits per heavy atom. The van der Waals surface area contributed by atoms with Gasteiger partial charge in [0.05, 0.1) is 11.3 Å². The first-order valence-corrected chi connectivity index (χ1v) is 6.73. The van der Waals surface area contributed by atoms with Gasteiger partial charge in [-0.05, 0) is 39.0 Å². The van der Waals surface area contributed by atoms with Crippen molar-refractivity contribution >= 4 is 5.78 Å². The van der Waals surface area contributed by atoms with Crippen molar-refractivity contribution in [3.8, 4) is 0 Å². The van der Waals surface area contributed by atoms with E-state index in [1.54, 1.807) is 6.20 Å². The van der Waals surface area contributed by atoms with Gasteiger partial charge >= 0.3 is 0 Å². The fourth-order valence-corrected chi connectivity index (χ4v) is 2.76. The molecule has 1 saturated heterocycles. The van der Waals surface area contributed by atoms with Gasteiger partial charge in [-0.2, -0.15) is 0 Å². The molecule has 1 aliphatic carbocycles. The van der Waals surface area contributed by atoms with Crippen LogP contribution in [0.5, 0.6) is 0 Å². The molecule has 0 saturated carbocycles. The van der Waals surface area contributed by atoms with Gasteiger partial charge in [0.15, 0.2) is 11.6 Å². The van der Waals surface area contributed by atoms with Gasteiger partial charge in [-0.15, -0.1) is 0 Å². The Morgan fingerprint density at radius 1 is 1.28 bits per heavy atom. The van der Waals surface area contributed by atoms with E-state index >= 15 is 0 Å². The van der Waals surface area contributed by atoms with Gasteiger partial charge in [-0.3, -0.25) is 4.79 Å². The van der Waals surface area contributed by atoms with E-state index in [0.29, 0.717) is 6.42 Å². The normalized spacial score (nSPS) is 27.9. The third-order valence-electron chi connectivity index (χ3n) is 3.93. The molecule has 0 N–H and O–H groups in total. The summed E-state index contributed by atoms with van der Waals surface area (Å²) in [5.41, 5.74) is 1.28. The van der Waals surface area contributed by atoms with E-state index < -0.39 is 0 Å². The molecule has 96 valence electrons. The number of Topliss-reactive ketones (excluding diaryl/α,β-unsaturated/α-hetero) is 1. The highest BCUT2D eigenvalue weighted by atomic mass is 16.5. The number of aromatic nitrogens is 2. The van der Waals surface area contributed by atoms with Crippen molar-refractivity contribution in [3.63, 3.8) is 0 Å². The van der Waals surface area contributed by atoms with E-state index in [4.69, 9.17) is 4.74 Å². The van der Waals surface area contributed by atoms with Crippen molar-refractivity contribution in [2.45, 2.75) is 51.0 Å². The van der Waals surface area contributed by atoms with Crippen LogP contribution in [0.3, 0.4) is 0 Å². The number of nitrogens with zero attached hydrogens (tertiary/aromatic N) is 2. The second-order valence-electron chi connectivity index (χ2n) is 5.37. The van der Waals surface area contributed by atoms with Crippen LogP contribution in [0.25, 0.3) is 0 Å². The number of carbonyl (C=O) groups is 1. The first kappa shape index (κ1) is 11.8. The van der Waals surface area contributed by atoms with Crippen molar-refractivity contribution in [1.82, 2.24) is 9.97 Å². The van der Waals surface area contributed by atoms with E-state index in [-0.39, 0.29) is 11.4 Å². The lowest BCUT2D eigenvalue weighted by Crippen LogP contribution is -2.24. The topological polar surface area (TPSA) is 52.1 Å². The number of hydrogen-bond acceptors (Lipinski definition) is 4. The molecule has 1 atom stereocenters. The lowest BCUT2D eigenvalue weighted by molar-refractivity contribution is 0.00910. The smallest absolute Gasteiger partial charge is 0.166 e. The first-order valence-electron chi connectivity index (χ1n) is 6.73. The van der Waals surface area contributed by atoms with Crippen LogP contribution in [0.15, 0.2) is 6.20 Å². The van der Waals surface area contributed by atoms with E-state index in [9.17, 15) is 4.79 Å². The highest BCUT2D eigenvalue weighted by Gasteiger charge is 2.35. The van der Waals surface area contributed by atoms with E-state index in [0.717, 1.165) is 55.8 Å². The largest absolute Gasteiger partial charge is 0.367 e. The van der Waals surface area contributed by atoms with Crippen LogP contribution in [0.1, 0.15) is 60.9 Å². The van der Waals surface area contributed by atoms with Gasteiger partial charge in [0.25, 0.3) is 0 Å². The van der Waals surface area contributed by atoms with Crippen molar-refractivity contribution in [1.29, 1.82) is 0 Å². The standard InChI is InChI=1S/C14H18N2O2/c1-14(7-4-8-18-14)13-15-9-10-11(16-13)5-2-3-6-12(10)17/h9H,2-8H2,1H3. The highest BCUT2D eigenvalue weighted by Crippen LogP contribution is 2.34. The van der Waals surface area contributed by atoms with Gasteiger partial charge in [-0.25, -0.2) is 9.97 Å². The van der Waals surface area contributed by atoms with Crippen LogP contribution in [-0.2, 0) is 16.8 Å². The molecule has 1 fully saturated rings. The van der Waals surface area contributed by atoms with E-state index in [1.807, 2.05) is 6.92 Å². The maximum atomic E-state index is 11.9. The zero-order chi connectivity index (χ0) is 12.6. The minimum Gasteiger partial charge on any atom is -0.367 e. The molecule has 0 aromatic carbocycles. The quantitative estimate of drug-likeness (QED) is 0.714. The van der Waals surface area contributed by atoms with Crippen LogP contribution in [0.4, 0.5) is 0 Å². The van der Waals surface area contributed by atoms with Crippen molar-refractivity contribution in [2.24, 2.45) is 0 Å². The fraction of sp³-hybridized carbons (Fsp3) is 0.643. The average Bonchev–Trinajstić information content (AvgIpc) is 2.74. The van der Waals surface area contributed by atoms with Gasteiger partial charge in [0.1, 0.15) is 5.60 Å². The van der Waals surface area contributed by atoms with Crippen LogP contribution in [0.2, 0.25) is 0 Å². The van der Waals surface area contributed by atoms with E-state index in [2.05, 4.69) is 9.97 Å². The molecule has 3 rings (SSSR count). The lowest BCUT2D eigenvalue weighted by Gasteiger charge is -2.22. The molecule has 0 radical (unpaired) electrons. The minimum atomic E-state index is -0.357. The Hall–Kier alpha value is -1.29. The summed E-state index contributed by atoms with van der Waals surface area (Å²) in [6, 6.07) is 0. The monoisotopic (exact) mass is 246 g/mol. The summed E-state index contributed by atoms with van der Waals surface area (Å²) >= 11 is 0. The average molecular weight is 246 g/mol. The summed E-state index contributed by atoms with van der Waals surface area (Å²) < 4.78 is 5.77. The Bertz CT molecular complexity index is 479. The summed E-state index contributed by atoms with van der Waals surface area (Å²) in [6.45, 7) is 2.82. The molecular formula is C14H18N2O2. The molecule has 0 bridgehead atoms. The third kappa shape index (κ3) is 1.94. The van der Waals surface area contributed by atoms with Crippen molar-refractivity contribution in [3.05, 3.63) is 23.3 Å². The molecule has 4 heteroatoms. The molecule has 2 heterocycles. The summed E-state index contributed by atoms with van der Waals surface area (Å²) in [4.78, 5) is 20.9. The predicted octanol–water partition coefficient (Wildman–Crippen LogP) is 2.41. The molecule has 1 aromatic rings. The van der Waals surface area contributed by atoms with Gasteiger partial charge in [0.2, 0.25) is 0 Å². The predicted molar refractivity (Wildman–Crippen MR) is 66.5 cm³/mol. The first-order chi connectivity index (χ1) is 8.69. The number of rotatable bonds is 1. The van der Waals surface area contributed by atoms with Crippen LogP contribution in [0, 0.1) is 0 Å². The van der Waals surface area contributed by atoms with Gasteiger partial charge < -0.3 is 4.74 Å². The number of aryl methyl sites for hydroxylation is 1. The Balaban J connectivity index is 2.00.